The van der Waals surface area contributed by atoms with Gasteiger partial charge in [-0.1, -0.05) is 6.92 Å². The van der Waals surface area contributed by atoms with E-state index in [2.05, 4.69) is 21.2 Å². The number of hydrogen-bond acceptors (Lipinski definition) is 4. The fourth-order valence-electron chi connectivity index (χ4n) is 1.50. The lowest BCUT2D eigenvalue weighted by atomic mass is 10.3. The maximum atomic E-state index is 12.0. The molecule has 0 aromatic carbocycles. The van der Waals surface area contributed by atoms with Crippen LogP contribution in [-0.4, -0.2) is 42.8 Å². The molecule has 0 radical (unpaired) electrons. The Kier molecular flexibility index (Phi) is 6.52. The number of thiophene rings is 1. The van der Waals surface area contributed by atoms with Crippen LogP contribution in [0.3, 0.4) is 0 Å². The van der Waals surface area contributed by atoms with E-state index in [1.54, 1.807) is 0 Å². The second kappa shape index (κ2) is 7.66. The van der Waals surface area contributed by atoms with Gasteiger partial charge in [-0.3, -0.25) is 14.5 Å². The van der Waals surface area contributed by atoms with Crippen molar-refractivity contribution in [1.29, 1.82) is 0 Å². The molecule has 6 heteroatoms. The van der Waals surface area contributed by atoms with Crippen LogP contribution in [0.1, 0.15) is 23.5 Å². The fourth-order valence-corrected chi connectivity index (χ4v) is 3.03. The van der Waals surface area contributed by atoms with E-state index < -0.39 is 0 Å². The van der Waals surface area contributed by atoms with E-state index in [0.717, 1.165) is 4.47 Å². The third-order valence-electron chi connectivity index (χ3n) is 2.43. The summed E-state index contributed by atoms with van der Waals surface area (Å²) in [5.41, 5.74) is 0. The van der Waals surface area contributed by atoms with Gasteiger partial charge >= 0.3 is 0 Å². The smallest absolute Gasteiger partial charge is 0.234 e. The highest BCUT2D eigenvalue weighted by Crippen LogP contribution is 2.23. The number of hydrogen-bond donors (Lipinski definition) is 1. The van der Waals surface area contributed by atoms with E-state index >= 15 is 0 Å². The molecule has 1 rings (SSSR count). The van der Waals surface area contributed by atoms with Crippen LogP contribution in [0.25, 0.3) is 0 Å². The van der Waals surface area contributed by atoms with Gasteiger partial charge in [0.2, 0.25) is 5.91 Å². The van der Waals surface area contributed by atoms with Crippen LogP contribution in [-0.2, 0) is 4.79 Å². The monoisotopic (exact) mass is 332 g/mol. The predicted octanol–water partition coefficient (Wildman–Crippen LogP) is 2.15. The molecule has 1 amide bonds. The number of ketones is 1. The molecule has 18 heavy (non-hydrogen) atoms. The van der Waals surface area contributed by atoms with Gasteiger partial charge < -0.3 is 5.32 Å². The van der Waals surface area contributed by atoms with Crippen molar-refractivity contribution >= 4 is 39.0 Å². The van der Waals surface area contributed by atoms with Crippen LogP contribution in [0.2, 0.25) is 0 Å². The summed E-state index contributed by atoms with van der Waals surface area (Å²) in [6.07, 6.45) is 0. The predicted molar refractivity (Wildman–Crippen MR) is 77.1 cm³/mol. The van der Waals surface area contributed by atoms with Crippen LogP contribution >= 0.6 is 27.3 Å². The van der Waals surface area contributed by atoms with Crippen molar-refractivity contribution in [2.45, 2.75) is 13.8 Å². The van der Waals surface area contributed by atoms with Crippen molar-refractivity contribution in [3.8, 4) is 0 Å². The molecule has 0 bridgehead atoms. The van der Waals surface area contributed by atoms with E-state index in [1.165, 1.54) is 11.3 Å². The molecule has 100 valence electrons. The van der Waals surface area contributed by atoms with E-state index in [0.29, 0.717) is 18.0 Å². The van der Waals surface area contributed by atoms with Gasteiger partial charge in [0.1, 0.15) is 0 Å². The number of nitrogens with zero attached hydrogens (tertiary/aromatic N) is 1. The number of likely N-dealkylation sites (N-methyl/N-ethyl adjacent to an activating group) is 2. The minimum absolute atomic E-state index is 0.0441. The van der Waals surface area contributed by atoms with Crippen LogP contribution in [0, 0.1) is 0 Å². The summed E-state index contributed by atoms with van der Waals surface area (Å²) in [6.45, 7) is 5.64. The van der Waals surface area contributed by atoms with E-state index in [4.69, 9.17) is 0 Å². The molecule has 1 N–H and O–H groups in total. The van der Waals surface area contributed by atoms with Crippen LogP contribution < -0.4 is 5.32 Å². The lowest BCUT2D eigenvalue weighted by molar-refractivity contribution is -0.121. The summed E-state index contributed by atoms with van der Waals surface area (Å²) >= 11 is 4.76. The highest BCUT2D eigenvalue weighted by atomic mass is 79.9. The zero-order chi connectivity index (χ0) is 13.5. The van der Waals surface area contributed by atoms with E-state index in [9.17, 15) is 9.59 Å². The molecule has 0 unspecified atom stereocenters. The second-order valence-electron chi connectivity index (χ2n) is 3.78. The Balaban J connectivity index is 2.56. The first-order valence-corrected chi connectivity index (χ1v) is 7.51. The average molecular weight is 333 g/mol. The molecular formula is C12H17BrN2O2S. The van der Waals surface area contributed by atoms with Crippen LogP contribution in [0.15, 0.2) is 15.9 Å². The van der Waals surface area contributed by atoms with Crippen LogP contribution in [0.5, 0.6) is 0 Å². The summed E-state index contributed by atoms with van der Waals surface area (Å²) in [6, 6.07) is 1.86. The minimum Gasteiger partial charge on any atom is -0.355 e. The maximum absolute atomic E-state index is 12.0. The van der Waals surface area contributed by atoms with Crippen molar-refractivity contribution in [2.24, 2.45) is 0 Å². The topological polar surface area (TPSA) is 49.4 Å². The fraction of sp³-hybridized carbons (Fsp3) is 0.500. The Bertz CT molecular complexity index is 420. The summed E-state index contributed by atoms with van der Waals surface area (Å²) < 4.78 is 0.826. The first-order valence-electron chi connectivity index (χ1n) is 5.83. The standard InChI is InChI=1S/C12H17BrN2O2S/c1-3-14-11(17)8-15(4-2)7-10(16)12-9(13)5-6-18-12/h5-6H,3-4,7-8H2,1-2H3,(H,14,17). The van der Waals surface area contributed by atoms with Crippen molar-refractivity contribution in [3.63, 3.8) is 0 Å². The first-order chi connectivity index (χ1) is 8.58. The molecular weight excluding hydrogens is 316 g/mol. The summed E-state index contributed by atoms with van der Waals surface area (Å²) in [5.74, 6) is 0.000388. The van der Waals surface area contributed by atoms with E-state index in [1.807, 2.05) is 30.2 Å². The molecule has 0 aliphatic carbocycles. The van der Waals surface area contributed by atoms with Crippen molar-refractivity contribution in [1.82, 2.24) is 10.2 Å². The molecule has 0 saturated carbocycles. The van der Waals surface area contributed by atoms with Gasteiger partial charge in [0, 0.05) is 11.0 Å². The van der Waals surface area contributed by atoms with Gasteiger partial charge in [-0.25, -0.2) is 0 Å². The maximum Gasteiger partial charge on any atom is 0.234 e. The molecule has 0 saturated heterocycles. The lowest BCUT2D eigenvalue weighted by Crippen LogP contribution is -2.39. The van der Waals surface area contributed by atoms with Gasteiger partial charge in [-0.2, -0.15) is 0 Å². The van der Waals surface area contributed by atoms with Crippen molar-refractivity contribution in [2.75, 3.05) is 26.2 Å². The normalized spacial score (nSPS) is 10.7. The number of amides is 1. The largest absolute Gasteiger partial charge is 0.355 e. The number of halogens is 1. The zero-order valence-electron chi connectivity index (χ0n) is 10.5. The first kappa shape index (κ1) is 15.3. The summed E-state index contributed by atoms with van der Waals surface area (Å²) in [7, 11) is 0. The molecule has 0 aliphatic heterocycles. The number of Topliss-reactive ketones (excluding diaryl/α,β-unsaturated/α-hetero) is 1. The minimum atomic E-state index is -0.0441. The Labute approximate surface area is 119 Å². The molecule has 1 aromatic heterocycles. The molecule has 0 spiro atoms. The van der Waals surface area contributed by atoms with Gasteiger partial charge in [-0.05, 0) is 40.8 Å². The summed E-state index contributed by atoms with van der Waals surface area (Å²) in [4.78, 5) is 26.1. The molecule has 0 fully saturated rings. The third-order valence-corrected chi connectivity index (χ3v) is 4.30. The van der Waals surface area contributed by atoms with Crippen molar-refractivity contribution in [3.05, 3.63) is 20.8 Å². The van der Waals surface area contributed by atoms with Gasteiger partial charge in [0.15, 0.2) is 5.78 Å². The zero-order valence-corrected chi connectivity index (χ0v) is 12.9. The van der Waals surface area contributed by atoms with Gasteiger partial charge in [-0.15, -0.1) is 11.3 Å². The van der Waals surface area contributed by atoms with Gasteiger partial charge in [0.25, 0.3) is 0 Å². The average Bonchev–Trinajstić information content (AvgIpc) is 2.74. The Hall–Kier alpha value is -0.720. The van der Waals surface area contributed by atoms with E-state index in [-0.39, 0.29) is 24.8 Å². The second-order valence-corrected chi connectivity index (χ2v) is 5.55. The van der Waals surface area contributed by atoms with Crippen molar-refractivity contribution < 1.29 is 9.59 Å². The Morgan fingerprint density at radius 2 is 2.11 bits per heavy atom. The highest BCUT2D eigenvalue weighted by Gasteiger charge is 2.16. The quantitative estimate of drug-likeness (QED) is 0.778. The highest BCUT2D eigenvalue weighted by molar-refractivity contribution is 9.10. The van der Waals surface area contributed by atoms with Crippen LogP contribution in [0.4, 0.5) is 0 Å². The SMILES string of the molecule is CCNC(=O)CN(CC)CC(=O)c1sccc1Br. The number of nitrogens with one attached hydrogen (secondary N) is 1. The number of carbonyl (C=O) groups excluding carboxylic acids is 2. The number of rotatable bonds is 7. The lowest BCUT2D eigenvalue weighted by Gasteiger charge is -2.18. The van der Waals surface area contributed by atoms with Gasteiger partial charge in [0.05, 0.1) is 18.0 Å². The molecule has 0 atom stereocenters. The Morgan fingerprint density at radius 1 is 1.39 bits per heavy atom. The third kappa shape index (κ3) is 4.51. The molecule has 4 nitrogen and oxygen atoms in total. The molecule has 0 aliphatic rings. The Morgan fingerprint density at radius 3 is 2.61 bits per heavy atom. The summed E-state index contributed by atoms with van der Waals surface area (Å²) in [5, 5.41) is 4.60. The number of carbonyl (C=O) groups is 2. The molecule has 1 aromatic rings. The molecule has 1 heterocycles.